The molecule has 0 radical (unpaired) electrons. The van der Waals surface area contributed by atoms with Gasteiger partial charge in [-0.3, -0.25) is 0 Å². The molecule has 1 aromatic heterocycles. The summed E-state index contributed by atoms with van der Waals surface area (Å²) in [5.41, 5.74) is 2.51. The van der Waals surface area contributed by atoms with Gasteiger partial charge in [0.25, 0.3) is 0 Å². The number of aromatic nitrogens is 1. The molecule has 2 N–H and O–H groups in total. The summed E-state index contributed by atoms with van der Waals surface area (Å²) in [6.07, 6.45) is 1.66. The molecule has 0 spiro atoms. The summed E-state index contributed by atoms with van der Waals surface area (Å²) < 4.78 is 5.07. The standard InChI is InChI=1S/C14H15ClN2O2/c1-9-6-7-16-14(15)12(9)17-8-10-4-3-5-11(19-2)13(10)18/h3-7,17-18H,8H2,1-2H3. The molecular formula is C14H15ClN2O2. The van der Waals surface area contributed by atoms with E-state index in [4.69, 9.17) is 16.3 Å². The van der Waals surface area contributed by atoms with Crippen LogP contribution < -0.4 is 10.1 Å². The highest BCUT2D eigenvalue weighted by molar-refractivity contribution is 6.32. The molecule has 0 fully saturated rings. The number of anilines is 1. The number of nitrogens with one attached hydrogen (secondary N) is 1. The number of rotatable bonds is 4. The molecule has 0 saturated carbocycles. The molecule has 100 valence electrons. The minimum absolute atomic E-state index is 0.134. The van der Waals surface area contributed by atoms with Crippen LogP contribution in [0.4, 0.5) is 5.69 Å². The largest absolute Gasteiger partial charge is 0.504 e. The molecule has 0 saturated heterocycles. The zero-order valence-corrected chi connectivity index (χ0v) is 11.5. The molecule has 2 aromatic rings. The Morgan fingerprint density at radius 2 is 2.16 bits per heavy atom. The first-order chi connectivity index (χ1) is 9.13. The summed E-state index contributed by atoms with van der Waals surface area (Å²) in [6, 6.07) is 7.23. The number of ether oxygens (including phenoxy) is 1. The highest BCUT2D eigenvalue weighted by Crippen LogP contribution is 2.31. The second-order valence-electron chi connectivity index (χ2n) is 4.12. The van der Waals surface area contributed by atoms with Gasteiger partial charge in [0, 0.05) is 18.3 Å². The van der Waals surface area contributed by atoms with Crippen molar-refractivity contribution in [3.8, 4) is 11.5 Å². The molecule has 0 bridgehead atoms. The van der Waals surface area contributed by atoms with Crippen LogP contribution in [0.25, 0.3) is 0 Å². The molecule has 0 aliphatic rings. The van der Waals surface area contributed by atoms with Gasteiger partial charge in [0.2, 0.25) is 0 Å². The van der Waals surface area contributed by atoms with Crippen molar-refractivity contribution in [1.29, 1.82) is 0 Å². The van der Waals surface area contributed by atoms with E-state index in [-0.39, 0.29) is 5.75 Å². The second-order valence-corrected chi connectivity index (χ2v) is 4.47. The minimum atomic E-state index is 0.134. The fourth-order valence-electron chi connectivity index (χ4n) is 1.80. The SMILES string of the molecule is COc1cccc(CNc2c(C)ccnc2Cl)c1O. The number of pyridine rings is 1. The number of aryl methyl sites for hydroxylation is 1. The van der Waals surface area contributed by atoms with E-state index in [0.717, 1.165) is 16.8 Å². The smallest absolute Gasteiger partial charge is 0.162 e. The van der Waals surface area contributed by atoms with Gasteiger partial charge < -0.3 is 15.2 Å². The third-order valence-electron chi connectivity index (χ3n) is 2.87. The van der Waals surface area contributed by atoms with E-state index in [0.29, 0.717) is 17.4 Å². The van der Waals surface area contributed by atoms with Crippen molar-refractivity contribution in [3.05, 3.63) is 46.7 Å². The van der Waals surface area contributed by atoms with Gasteiger partial charge in [-0.15, -0.1) is 0 Å². The summed E-state index contributed by atoms with van der Waals surface area (Å²) in [5.74, 6) is 0.587. The zero-order valence-electron chi connectivity index (χ0n) is 10.8. The maximum absolute atomic E-state index is 9.99. The van der Waals surface area contributed by atoms with Crippen LogP contribution in [0.1, 0.15) is 11.1 Å². The van der Waals surface area contributed by atoms with Gasteiger partial charge in [0.15, 0.2) is 16.7 Å². The maximum atomic E-state index is 9.99. The first-order valence-electron chi connectivity index (χ1n) is 5.83. The molecule has 0 unspecified atom stereocenters. The highest BCUT2D eigenvalue weighted by atomic mass is 35.5. The van der Waals surface area contributed by atoms with Gasteiger partial charge in [-0.05, 0) is 24.6 Å². The second kappa shape index (κ2) is 5.80. The molecule has 0 atom stereocenters. The lowest BCUT2D eigenvalue weighted by atomic mass is 10.1. The summed E-state index contributed by atoms with van der Waals surface area (Å²) in [4.78, 5) is 4.02. The lowest BCUT2D eigenvalue weighted by Crippen LogP contribution is -2.03. The number of hydrogen-bond acceptors (Lipinski definition) is 4. The topological polar surface area (TPSA) is 54.4 Å². The van der Waals surface area contributed by atoms with Crippen molar-refractivity contribution in [2.75, 3.05) is 12.4 Å². The molecule has 5 heteroatoms. The monoisotopic (exact) mass is 278 g/mol. The van der Waals surface area contributed by atoms with Gasteiger partial charge in [-0.25, -0.2) is 4.98 Å². The Kier molecular flexibility index (Phi) is 4.12. The lowest BCUT2D eigenvalue weighted by Gasteiger charge is -2.13. The Hall–Kier alpha value is -1.94. The van der Waals surface area contributed by atoms with Crippen molar-refractivity contribution in [1.82, 2.24) is 4.98 Å². The summed E-state index contributed by atoms with van der Waals surface area (Å²) in [7, 11) is 1.52. The predicted octanol–water partition coefficient (Wildman–Crippen LogP) is 3.37. The summed E-state index contributed by atoms with van der Waals surface area (Å²) >= 11 is 6.03. The Labute approximate surface area is 117 Å². The van der Waals surface area contributed by atoms with E-state index >= 15 is 0 Å². The molecule has 0 amide bonds. The number of hydrogen-bond donors (Lipinski definition) is 2. The third-order valence-corrected chi connectivity index (χ3v) is 3.16. The highest BCUT2D eigenvalue weighted by Gasteiger charge is 2.09. The number of aromatic hydroxyl groups is 1. The fourth-order valence-corrected chi connectivity index (χ4v) is 2.07. The van der Waals surface area contributed by atoms with Crippen LogP contribution in [-0.2, 0) is 6.54 Å². The van der Waals surface area contributed by atoms with Crippen LogP contribution in [-0.4, -0.2) is 17.2 Å². The van der Waals surface area contributed by atoms with Gasteiger partial charge >= 0.3 is 0 Å². The normalized spacial score (nSPS) is 10.3. The first-order valence-corrected chi connectivity index (χ1v) is 6.21. The van der Waals surface area contributed by atoms with Crippen LogP contribution in [0.5, 0.6) is 11.5 Å². The Bertz CT molecular complexity index is 567. The van der Waals surface area contributed by atoms with Crippen molar-refractivity contribution >= 4 is 17.3 Å². The molecular weight excluding hydrogens is 264 g/mol. The number of phenolic OH excluding ortho intramolecular Hbond substituents is 1. The van der Waals surface area contributed by atoms with Crippen molar-refractivity contribution in [3.63, 3.8) is 0 Å². The fraction of sp³-hybridized carbons (Fsp3) is 0.214. The van der Waals surface area contributed by atoms with E-state index < -0.39 is 0 Å². The average molecular weight is 279 g/mol. The van der Waals surface area contributed by atoms with Gasteiger partial charge in [-0.1, -0.05) is 23.7 Å². The van der Waals surface area contributed by atoms with Crippen LogP contribution in [0.15, 0.2) is 30.5 Å². The minimum Gasteiger partial charge on any atom is -0.504 e. The number of phenols is 1. The number of methoxy groups -OCH3 is 1. The van der Waals surface area contributed by atoms with Crippen molar-refractivity contribution in [2.24, 2.45) is 0 Å². The number of nitrogens with zero attached hydrogens (tertiary/aromatic N) is 1. The molecule has 0 aliphatic heterocycles. The van der Waals surface area contributed by atoms with Crippen LogP contribution in [0.3, 0.4) is 0 Å². The Morgan fingerprint density at radius 3 is 2.84 bits per heavy atom. The first kappa shape index (κ1) is 13.5. The van der Waals surface area contributed by atoms with E-state index in [1.54, 1.807) is 12.3 Å². The molecule has 19 heavy (non-hydrogen) atoms. The van der Waals surface area contributed by atoms with Gasteiger partial charge in [-0.2, -0.15) is 0 Å². The van der Waals surface area contributed by atoms with Crippen LogP contribution in [0.2, 0.25) is 5.15 Å². The number of para-hydroxylation sites is 1. The molecule has 1 aromatic carbocycles. The van der Waals surface area contributed by atoms with Crippen LogP contribution in [0, 0.1) is 6.92 Å². The summed E-state index contributed by atoms with van der Waals surface area (Å²) in [6.45, 7) is 2.39. The molecule has 4 nitrogen and oxygen atoms in total. The Morgan fingerprint density at radius 1 is 1.37 bits per heavy atom. The van der Waals surface area contributed by atoms with Crippen LogP contribution >= 0.6 is 11.6 Å². The molecule has 1 heterocycles. The molecule has 2 rings (SSSR count). The van der Waals surface area contributed by atoms with Crippen molar-refractivity contribution < 1.29 is 9.84 Å². The Balaban J connectivity index is 2.19. The summed E-state index contributed by atoms with van der Waals surface area (Å²) in [5, 5.41) is 13.6. The van der Waals surface area contributed by atoms with Gasteiger partial charge in [0.05, 0.1) is 12.8 Å². The van der Waals surface area contributed by atoms with E-state index in [1.165, 1.54) is 7.11 Å². The lowest BCUT2D eigenvalue weighted by molar-refractivity contribution is 0.371. The van der Waals surface area contributed by atoms with Crippen molar-refractivity contribution in [2.45, 2.75) is 13.5 Å². The predicted molar refractivity (Wildman–Crippen MR) is 76.0 cm³/mol. The van der Waals surface area contributed by atoms with E-state index in [2.05, 4.69) is 10.3 Å². The zero-order chi connectivity index (χ0) is 13.8. The maximum Gasteiger partial charge on any atom is 0.162 e. The average Bonchev–Trinajstić information content (AvgIpc) is 2.40. The van der Waals surface area contributed by atoms with Gasteiger partial charge in [0.1, 0.15) is 0 Å². The number of benzene rings is 1. The van der Waals surface area contributed by atoms with E-state index in [9.17, 15) is 5.11 Å². The van der Waals surface area contributed by atoms with E-state index in [1.807, 2.05) is 25.1 Å². The molecule has 0 aliphatic carbocycles. The quantitative estimate of drug-likeness (QED) is 0.842. The number of halogens is 1. The third kappa shape index (κ3) is 2.90.